The van der Waals surface area contributed by atoms with Crippen LogP contribution < -0.4 is 10.6 Å². The first-order chi connectivity index (χ1) is 10.3. The number of amides is 1. The van der Waals surface area contributed by atoms with Gasteiger partial charge in [-0.15, -0.1) is 24.2 Å². The first kappa shape index (κ1) is 19.0. The molecule has 1 aromatic rings. The molecule has 1 saturated heterocycles. The van der Waals surface area contributed by atoms with Crippen molar-refractivity contribution in [2.75, 3.05) is 31.1 Å². The number of thioether (sulfide) groups is 1. The minimum absolute atomic E-state index is 0. The second kappa shape index (κ2) is 10.6. The van der Waals surface area contributed by atoms with Crippen LogP contribution in [-0.2, 0) is 4.79 Å². The Balaban J connectivity index is 0.00000242. The van der Waals surface area contributed by atoms with Crippen LogP contribution in [0, 0.1) is 5.92 Å². The molecule has 2 N–H and O–H groups in total. The van der Waals surface area contributed by atoms with Gasteiger partial charge in [-0.2, -0.15) is 0 Å². The molecule has 1 unspecified atom stereocenters. The molecular formula is C16H23ClN2O2S. The summed E-state index contributed by atoms with van der Waals surface area (Å²) in [5, 5.41) is 6.29. The van der Waals surface area contributed by atoms with Crippen LogP contribution in [0.25, 0.3) is 0 Å². The molecule has 6 heteroatoms. The maximum atomic E-state index is 11.9. The predicted octanol–water partition coefficient (Wildman–Crippen LogP) is 2.14. The fourth-order valence-corrected chi connectivity index (χ4v) is 3.09. The number of carbonyl (C=O) groups is 2. The normalized spacial score (nSPS) is 17.4. The number of Topliss-reactive ketones (excluding diaryl/α,β-unsaturated/α-hetero) is 1. The van der Waals surface area contributed by atoms with Crippen LogP contribution in [0.5, 0.6) is 0 Å². The number of benzene rings is 1. The smallest absolute Gasteiger partial charge is 0.230 e. The van der Waals surface area contributed by atoms with Crippen LogP contribution in [0.1, 0.15) is 23.2 Å². The Morgan fingerprint density at radius 2 is 2.00 bits per heavy atom. The fourth-order valence-electron chi connectivity index (χ4n) is 2.35. The predicted molar refractivity (Wildman–Crippen MR) is 93.9 cm³/mol. The lowest BCUT2D eigenvalue weighted by Gasteiger charge is -2.22. The van der Waals surface area contributed by atoms with Crippen molar-refractivity contribution in [2.24, 2.45) is 5.92 Å². The van der Waals surface area contributed by atoms with E-state index in [1.807, 2.05) is 18.2 Å². The Morgan fingerprint density at radius 1 is 1.23 bits per heavy atom. The van der Waals surface area contributed by atoms with E-state index in [-0.39, 0.29) is 24.1 Å². The van der Waals surface area contributed by atoms with Gasteiger partial charge in [-0.3, -0.25) is 9.59 Å². The van der Waals surface area contributed by atoms with Gasteiger partial charge in [0.2, 0.25) is 5.91 Å². The third-order valence-corrected chi connectivity index (χ3v) is 4.48. The van der Waals surface area contributed by atoms with E-state index < -0.39 is 0 Å². The van der Waals surface area contributed by atoms with Crippen molar-refractivity contribution < 1.29 is 9.59 Å². The zero-order chi connectivity index (χ0) is 14.9. The van der Waals surface area contributed by atoms with Crippen LogP contribution in [0.4, 0.5) is 0 Å². The number of carbonyl (C=O) groups excluding carboxylic acids is 2. The Morgan fingerprint density at radius 3 is 2.68 bits per heavy atom. The van der Waals surface area contributed by atoms with Crippen molar-refractivity contribution in [3.8, 4) is 0 Å². The highest BCUT2D eigenvalue weighted by atomic mass is 35.5. The van der Waals surface area contributed by atoms with Gasteiger partial charge >= 0.3 is 0 Å². The number of nitrogens with one attached hydrogen (secondary N) is 2. The van der Waals surface area contributed by atoms with E-state index in [0.29, 0.717) is 23.0 Å². The van der Waals surface area contributed by atoms with E-state index in [1.54, 1.807) is 12.1 Å². The van der Waals surface area contributed by atoms with E-state index in [9.17, 15) is 9.59 Å². The van der Waals surface area contributed by atoms with Gasteiger partial charge in [0.15, 0.2) is 5.78 Å². The number of piperidine rings is 1. The highest BCUT2D eigenvalue weighted by Gasteiger charge is 2.14. The van der Waals surface area contributed by atoms with Crippen LogP contribution in [0.2, 0.25) is 0 Å². The zero-order valence-corrected chi connectivity index (χ0v) is 14.2. The van der Waals surface area contributed by atoms with E-state index in [4.69, 9.17) is 0 Å². The van der Waals surface area contributed by atoms with Crippen molar-refractivity contribution in [2.45, 2.75) is 12.8 Å². The first-order valence-electron chi connectivity index (χ1n) is 7.39. The van der Waals surface area contributed by atoms with Crippen LogP contribution in [0.3, 0.4) is 0 Å². The highest BCUT2D eigenvalue weighted by molar-refractivity contribution is 8.00. The molecule has 1 heterocycles. The fraction of sp³-hybridized carbons (Fsp3) is 0.500. The lowest BCUT2D eigenvalue weighted by Crippen LogP contribution is -2.38. The largest absolute Gasteiger partial charge is 0.355 e. The summed E-state index contributed by atoms with van der Waals surface area (Å²) in [6.45, 7) is 2.81. The Hall–Kier alpha value is -1.04. The minimum atomic E-state index is 0. The number of rotatable bonds is 7. The summed E-state index contributed by atoms with van der Waals surface area (Å²) in [5.41, 5.74) is 0.707. The summed E-state index contributed by atoms with van der Waals surface area (Å²) in [6.07, 6.45) is 2.35. The molecule has 0 saturated carbocycles. The number of hydrogen-bond acceptors (Lipinski definition) is 4. The van der Waals surface area contributed by atoms with Crippen LogP contribution in [-0.4, -0.2) is 42.8 Å². The van der Waals surface area contributed by atoms with Gasteiger partial charge in [0.25, 0.3) is 0 Å². The maximum absolute atomic E-state index is 11.9. The molecule has 22 heavy (non-hydrogen) atoms. The third-order valence-electron chi connectivity index (χ3n) is 3.55. The lowest BCUT2D eigenvalue weighted by molar-refractivity contribution is -0.118. The average molecular weight is 343 g/mol. The summed E-state index contributed by atoms with van der Waals surface area (Å²) in [7, 11) is 0. The number of halogens is 1. The molecule has 4 nitrogen and oxygen atoms in total. The summed E-state index contributed by atoms with van der Waals surface area (Å²) in [5.74, 6) is 1.33. The molecule has 2 rings (SSSR count). The molecule has 1 atom stereocenters. The quantitative estimate of drug-likeness (QED) is 0.745. The molecule has 1 aliphatic rings. The highest BCUT2D eigenvalue weighted by Crippen LogP contribution is 2.09. The second-order valence-electron chi connectivity index (χ2n) is 5.30. The summed E-state index contributed by atoms with van der Waals surface area (Å²) in [6, 6.07) is 9.20. The number of ketones is 1. The van der Waals surface area contributed by atoms with E-state index >= 15 is 0 Å². The molecule has 1 fully saturated rings. The Labute approximate surface area is 142 Å². The molecule has 1 aromatic carbocycles. The van der Waals surface area contributed by atoms with E-state index in [0.717, 1.165) is 19.6 Å². The van der Waals surface area contributed by atoms with Gasteiger partial charge in [0.1, 0.15) is 0 Å². The lowest BCUT2D eigenvalue weighted by atomic mass is 10.00. The van der Waals surface area contributed by atoms with E-state index in [1.165, 1.54) is 24.6 Å². The van der Waals surface area contributed by atoms with Gasteiger partial charge in [-0.1, -0.05) is 30.3 Å². The molecule has 0 radical (unpaired) electrons. The van der Waals surface area contributed by atoms with Gasteiger partial charge in [0, 0.05) is 12.1 Å². The molecule has 0 bridgehead atoms. The first-order valence-corrected chi connectivity index (χ1v) is 8.54. The van der Waals surface area contributed by atoms with Crippen molar-refractivity contribution in [1.29, 1.82) is 0 Å². The minimum Gasteiger partial charge on any atom is -0.355 e. The molecule has 122 valence electrons. The molecule has 1 amide bonds. The summed E-state index contributed by atoms with van der Waals surface area (Å²) < 4.78 is 0. The van der Waals surface area contributed by atoms with Crippen molar-refractivity contribution in [1.82, 2.24) is 10.6 Å². The molecule has 0 spiro atoms. The van der Waals surface area contributed by atoms with Crippen LogP contribution in [0.15, 0.2) is 30.3 Å². The molecule has 1 aliphatic heterocycles. The zero-order valence-electron chi connectivity index (χ0n) is 12.5. The number of hydrogen-bond donors (Lipinski definition) is 2. The molecule has 0 aromatic heterocycles. The SMILES string of the molecule is Cl.O=C(CSCC(=O)c1ccccc1)NCC1CCCNC1. The van der Waals surface area contributed by atoms with Gasteiger partial charge < -0.3 is 10.6 Å². The monoisotopic (exact) mass is 342 g/mol. The molecule has 0 aliphatic carbocycles. The standard InChI is InChI=1S/C16H22N2O2S.ClH/c19-15(14-6-2-1-3-7-14)11-21-12-16(20)18-10-13-5-4-8-17-9-13;/h1-3,6-7,13,17H,4-5,8-12H2,(H,18,20);1H. The summed E-state index contributed by atoms with van der Waals surface area (Å²) >= 11 is 1.37. The van der Waals surface area contributed by atoms with Crippen molar-refractivity contribution in [3.05, 3.63) is 35.9 Å². The van der Waals surface area contributed by atoms with Crippen LogP contribution >= 0.6 is 24.2 Å². The molecular weight excluding hydrogens is 320 g/mol. The maximum Gasteiger partial charge on any atom is 0.230 e. The average Bonchev–Trinajstić information content (AvgIpc) is 2.54. The second-order valence-corrected chi connectivity index (χ2v) is 6.28. The van der Waals surface area contributed by atoms with Gasteiger partial charge in [0.05, 0.1) is 11.5 Å². The van der Waals surface area contributed by atoms with Gasteiger partial charge in [-0.05, 0) is 31.8 Å². The van der Waals surface area contributed by atoms with E-state index in [2.05, 4.69) is 10.6 Å². The third kappa shape index (κ3) is 6.81. The summed E-state index contributed by atoms with van der Waals surface area (Å²) in [4.78, 5) is 23.6. The Kier molecular flexibility index (Phi) is 9.20. The van der Waals surface area contributed by atoms with Gasteiger partial charge in [-0.25, -0.2) is 0 Å². The van der Waals surface area contributed by atoms with Crippen molar-refractivity contribution in [3.63, 3.8) is 0 Å². The Bertz CT molecular complexity index is 464. The topological polar surface area (TPSA) is 58.2 Å². The van der Waals surface area contributed by atoms with Crippen molar-refractivity contribution >= 4 is 35.9 Å².